The van der Waals surface area contributed by atoms with Crippen LogP contribution < -0.4 is 15.4 Å². The number of anilines is 1. The molecule has 0 aliphatic heterocycles. The summed E-state index contributed by atoms with van der Waals surface area (Å²) in [6.07, 6.45) is -6.84. The van der Waals surface area contributed by atoms with Gasteiger partial charge in [-0.3, -0.25) is 9.59 Å². The van der Waals surface area contributed by atoms with Crippen molar-refractivity contribution >= 4 is 17.5 Å². The molecule has 3 aliphatic carbocycles. The minimum Gasteiger partial charge on any atom is -0.496 e. The molecule has 2 amide bonds. The largest absolute Gasteiger partial charge is 0.496 e. The topological polar surface area (TPSA) is 87.7 Å². The highest BCUT2D eigenvalue weighted by Crippen LogP contribution is 2.54. The molecule has 6 nitrogen and oxygen atoms in total. The average molecular weight is 629 g/mol. The Labute approximate surface area is 248 Å². The van der Waals surface area contributed by atoms with Crippen molar-refractivity contribution in [2.45, 2.75) is 68.9 Å². The van der Waals surface area contributed by atoms with E-state index in [2.05, 4.69) is 10.6 Å². The molecule has 3 saturated carbocycles. The number of nitrogens with one attached hydrogen (secondary N) is 2. The number of alkyl halides is 6. The van der Waals surface area contributed by atoms with Crippen molar-refractivity contribution in [2.24, 2.45) is 17.8 Å². The van der Waals surface area contributed by atoms with Gasteiger partial charge in [0.25, 0.3) is 5.91 Å². The van der Waals surface area contributed by atoms with Crippen LogP contribution in [0.25, 0.3) is 0 Å². The molecule has 0 saturated heterocycles. The van der Waals surface area contributed by atoms with Crippen LogP contribution in [0.15, 0.2) is 48.0 Å². The minimum atomic E-state index is -5.04. The van der Waals surface area contributed by atoms with Crippen molar-refractivity contribution in [1.82, 2.24) is 5.32 Å². The van der Waals surface area contributed by atoms with Crippen LogP contribution in [0.1, 0.15) is 65.9 Å². The third-order valence-corrected chi connectivity index (χ3v) is 8.96. The third-order valence-electron chi connectivity index (χ3n) is 8.96. The zero-order valence-electron chi connectivity index (χ0n) is 23.6. The van der Waals surface area contributed by atoms with E-state index in [-0.39, 0.29) is 47.4 Å². The van der Waals surface area contributed by atoms with Crippen LogP contribution in [0.4, 0.5) is 36.4 Å². The predicted molar refractivity (Wildman–Crippen MR) is 145 cm³/mol. The number of halogens is 7. The molecule has 3 N–H and O–H groups in total. The lowest BCUT2D eigenvalue weighted by Crippen LogP contribution is -2.48. The Morgan fingerprint density at radius 2 is 1.70 bits per heavy atom. The fourth-order valence-electron chi connectivity index (χ4n) is 7.08. The average Bonchev–Trinajstić information content (AvgIpc) is 3.45. The van der Waals surface area contributed by atoms with Gasteiger partial charge < -0.3 is 20.5 Å². The minimum absolute atomic E-state index is 0.0177. The summed E-state index contributed by atoms with van der Waals surface area (Å²) in [7, 11) is 1.35. The number of rotatable bonds is 6. The molecule has 3 fully saturated rings. The number of carbonyl (C=O) groups is 2. The summed E-state index contributed by atoms with van der Waals surface area (Å²) in [6, 6.07) is 5.77. The fraction of sp³-hybridized carbons (Fsp3) is 0.484. The van der Waals surface area contributed by atoms with E-state index in [0.717, 1.165) is 24.5 Å². The van der Waals surface area contributed by atoms with Crippen LogP contribution in [0, 0.1) is 23.6 Å². The second-order valence-electron chi connectivity index (χ2n) is 11.7. The van der Waals surface area contributed by atoms with Gasteiger partial charge >= 0.3 is 12.4 Å². The first-order valence-corrected chi connectivity index (χ1v) is 14.3. The van der Waals surface area contributed by atoms with Crippen LogP contribution in [0.3, 0.4) is 0 Å². The predicted octanol–water partition coefficient (Wildman–Crippen LogP) is 6.75. The van der Waals surface area contributed by atoms with Crippen LogP contribution in [0.5, 0.6) is 5.75 Å². The van der Waals surface area contributed by atoms with Crippen molar-refractivity contribution in [3.63, 3.8) is 0 Å². The molecule has 2 aromatic rings. The van der Waals surface area contributed by atoms with E-state index in [9.17, 15) is 45.4 Å². The van der Waals surface area contributed by atoms with Gasteiger partial charge in [0.05, 0.1) is 30.3 Å². The van der Waals surface area contributed by atoms with Gasteiger partial charge in [0.15, 0.2) is 0 Å². The van der Waals surface area contributed by atoms with E-state index in [4.69, 9.17) is 4.74 Å². The van der Waals surface area contributed by atoms with Crippen molar-refractivity contribution in [3.05, 3.63) is 70.6 Å². The summed E-state index contributed by atoms with van der Waals surface area (Å²) >= 11 is 0. The standard InChI is InChI=1S/C31H31F7N2O4/c1-44-25-10-5-16(15-3-2-4-18(41)11-15)12-21(25)28(42)40-27-20-8-7-19(22(20)14-30(33,34)35)26(27)29(43)39-17-6-9-24(32)23(13-17)31(36,37)38/h5-6,9-10,12-15,18-20,26-27,41H,2-4,7-8,11H2,1H3,(H,39,43)(H,40,42)/b22-14-/t15?,18?,19?,20?,26-,27+/m0/s1. The maximum atomic E-state index is 13.8. The van der Waals surface area contributed by atoms with Crippen LogP contribution in [-0.2, 0) is 11.0 Å². The van der Waals surface area contributed by atoms with Crippen molar-refractivity contribution < 1.29 is 50.2 Å². The number of fused-ring (bicyclic) bond motifs is 2. The zero-order valence-corrected chi connectivity index (χ0v) is 23.6. The Bertz CT molecular complexity index is 1460. The van der Waals surface area contributed by atoms with Gasteiger partial charge in [0.1, 0.15) is 11.6 Å². The van der Waals surface area contributed by atoms with Crippen molar-refractivity contribution in [1.29, 1.82) is 0 Å². The second-order valence-corrected chi connectivity index (χ2v) is 11.7. The molecule has 2 aromatic carbocycles. The summed E-state index contributed by atoms with van der Waals surface area (Å²) in [4.78, 5) is 27.2. The molecule has 0 spiro atoms. The highest BCUT2D eigenvalue weighted by atomic mass is 19.4. The molecular weight excluding hydrogens is 597 g/mol. The molecule has 4 unspecified atom stereocenters. The molecule has 3 aliphatic rings. The van der Waals surface area contributed by atoms with Crippen LogP contribution in [0.2, 0.25) is 0 Å². The van der Waals surface area contributed by atoms with Crippen molar-refractivity contribution in [2.75, 3.05) is 12.4 Å². The molecule has 0 heterocycles. The van der Waals surface area contributed by atoms with Gasteiger partial charge in [-0.05, 0) is 79.8 Å². The lowest BCUT2D eigenvalue weighted by Gasteiger charge is -2.31. The molecule has 0 aromatic heterocycles. The van der Waals surface area contributed by atoms with Gasteiger partial charge in [0, 0.05) is 23.7 Å². The first kappa shape index (κ1) is 31.8. The Morgan fingerprint density at radius 3 is 2.36 bits per heavy atom. The van der Waals surface area contributed by atoms with Gasteiger partial charge in [0.2, 0.25) is 5.91 Å². The van der Waals surface area contributed by atoms with E-state index < -0.39 is 65.4 Å². The Balaban J connectivity index is 1.45. The number of aliphatic hydroxyl groups is 1. The normalized spacial score (nSPS) is 27.8. The number of carbonyl (C=O) groups excluding carboxylic acids is 2. The van der Waals surface area contributed by atoms with Gasteiger partial charge in [-0.25, -0.2) is 4.39 Å². The summed E-state index contributed by atoms with van der Waals surface area (Å²) < 4.78 is 99.5. The number of amides is 2. The molecular formula is C31H31F7N2O4. The number of aliphatic hydroxyl groups excluding tert-OH is 1. The molecule has 238 valence electrons. The van der Waals surface area contributed by atoms with Gasteiger partial charge in [-0.1, -0.05) is 18.1 Å². The third kappa shape index (κ3) is 6.57. The maximum absolute atomic E-state index is 13.8. The lowest BCUT2D eigenvalue weighted by atomic mass is 9.81. The second kappa shape index (κ2) is 12.1. The van der Waals surface area contributed by atoms with E-state index in [0.29, 0.717) is 25.0 Å². The van der Waals surface area contributed by atoms with E-state index in [1.54, 1.807) is 18.2 Å². The van der Waals surface area contributed by atoms with Crippen molar-refractivity contribution in [3.8, 4) is 5.75 Å². The molecule has 44 heavy (non-hydrogen) atoms. The maximum Gasteiger partial charge on any atom is 0.419 e. The number of benzene rings is 2. The molecule has 13 heteroatoms. The summed E-state index contributed by atoms with van der Waals surface area (Å²) in [5.41, 5.74) is -1.17. The highest BCUT2D eigenvalue weighted by molar-refractivity contribution is 5.99. The fourth-order valence-corrected chi connectivity index (χ4v) is 7.08. The van der Waals surface area contributed by atoms with Crippen LogP contribution in [-0.4, -0.2) is 42.4 Å². The number of allylic oxidation sites excluding steroid dienone is 1. The molecule has 0 radical (unpaired) electrons. The summed E-state index contributed by atoms with van der Waals surface area (Å²) in [5, 5.41) is 15.2. The van der Waals surface area contributed by atoms with Crippen LogP contribution >= 0.6 is 0 Å². The molecule has 5 rings (SSSR count). The Morgan fingerprint density at radius 1 is 0.977 bits per heavy atom. The smallest absolute Gasteiger partial charge is 0.419 e. The lowest BCUT2D eigenvalue weighted by molar-refractivity contribution is -0.140. The first-order chi connectivity index (χ1) is 20.7. The Kier molecular flexibility index (Phi) is 8.71. The monoisotopic (exact) mass is 628 g/mol. The van der Waals surface area contributed by atoms with Gasteiger partial charge in [-0.2, -0.15) is 26.3 Å². The Hall–Kier alpha value is -3.61. The summed E-state index contributed by atoms with van der Waals surface area (Å²) in [5.74, 6) is -5.97. The number of ether oxygens (including phenoxy) is 1. The first-order valence-electron chi connectivity index (χ1n) is 14.3. The summed E-state index contributed by atoms with van der Waals surface area (Å²) in [6.45, 7) is 0. The van der Waals surface area contributed by atoms with E-state index in [1.807, 2.05) is 0 Å². The van der Waals surface area contributed by atoms with E-state index >= 15 is 0 Å². The number of hydrogen-bond donors (Lipinski definition) is 3. The number of hydrogen-bond acceptors (Lipinski definition) is 4. The number of methoxy groups -OCH3 is 1. The molecule has 6 atom stereocenters. The SMILES string of the molecule is COc1ccc(C2CCCC(O)C2)cc1C(=O)N[C@@H]1C2CCC(/C2=C/C(F)(F)F)[C@@H]1C(=O)Nc1ccc(F)c(C(F)(F)F)c1. The highest BCUT2D eigenvalue weighted by Gasteiger charge is 2.55. The van der Waals surface area contributed by atoms with E-state index in [1.165, 1.54) is 7.11 Å². The van der Waals surface area contributed by atoms with Gasteiger partial charge in [-0.15, -0.1) is 0 Å². The zero-order chi connectivity index (χ0) is 32.0. The quantitative estimate of drug-likeness (QED) is 0.244. The molecule has 2 bridgehead atoms.